The molecule has 1 aliphatic rings. The van der Waals surface area contributed by atoms with Gasteiger partial charge >= 0.3 is 48.9 Å². The number of aliphatic hydroxyl groups excluding tert-OH is 2. The molecule has 140 valence electrons. The van der Waals surface area contributed by atoms with E-state index < -0.39 is 39.0 Å². The average Bonchev–Trinajstić information content (AvgIpc) is 3.07. The van der Waals surface area contributed by atoms with Crippen molar-refractivity contribution in [2.45, 2.75) is 29.6 Å². The Labute approximate surface area is 192 Å². The third-order valence-corrected chi connectivity index (χ3v) is 4.68. The van der Waals surface area contributed by atoms with Crippen LogP contribution in [0.4, 0.5) is 0 Å². The van der Waals surface area contributed by atoms with Gasteiger partial charge in [0.1, 0.15) is 35.2 Å². The van der Waals surface area contributed by atoms with Gasteiger partial charge < -0.3 is 39.3 Å². The van der Waals surface area contributed by atoms with Gasteiger partial charge in [0, 0.05) is 0 Å². The molecule has 0 aliphatic carbocycles. The first-order chi connectivity index (χ1) is 11.3. The fraction of sp³-hybridized carbons (Fsp3) is 0.545. The molecule has 0 bridgehead atoms. The average molecular weight is 532 g/mol. The summed E-state index contributed by atoms with van der Waals surface area (Å²) < 4.78 is 21.5. The first-order valence-electron chi connectivity index (χ1n) is 6.71. The van der Waals surface area contributed by atoms with E-state index >= 15 is 0 Å². The summed E-state index contributed by atoms with van der Waals surface area (Å²) in [7, 11) is -5.21. The van der Waals surface area contributed by atoms with E-state index in [1.165, 1.54) is 29.0 Å². The van der Waals surface area contributed by atoms with E-state index in [0.29, 0.717) is 16.2 Å². The van der Waals surface area contributed by atoms with Crippen LogP contribution in [0, 0.1) is 0 Å². The number of aliphatic hydroxyl groups is 2. The van der Waals surface area contributed by atoms with Crippen molar-refractivity contribution in [1.29, 1.82) is 0 Å². The maximum Gasteiger partial charge on any atom is 2.00 e. The maximum atomic E-state index is 10.5. The minimum atomic E-state index is -5.21. The van der Waals surface area contributed by atoms with Gasteiger partial charge in [-0.2, -0.15) is 0 Å². The van der Waals surface area contributed by atoms with Crippen LogP contribution in [0.25, 0.3) is 11.2 Å². The van der Waals surface area contributed by atoms with E-state index in [-0.39, 0.29) is 54.4 Å². The second kappa shape index (κ2) is 9.76. The number of imidazole rings is 1. The number of rotatable bonds is 5. The minimum Gasteiger partial charge on any atom is -0.790 e. The van der Waals surface area contributed by atoms with Crippen molar-refractivity contribution in [3.05, 3.63) is 12.7 Å². The SMILES string of the molecule is CSc1ncnc2c1ncn2C1OC(COP(=O)([O-])[O-])C(O)C1O.O.[Ba+2]. The molecule has 2 aromatic rings. The van der Waals surface area contributed by atoms with Gasteiger partial charge in [0.05, 0.1) is 20.8 Å². The van der Waals surface area contributed by atoms with E-state index in [4.69, 9.17) is 4.74 Å². The standard InChI is InChI=1S/C11H15N4O7PS.Ba.H2O/c1-24-10-6-9(12-3-13-10)15(4-14-6)11-8(17)7(16)5(22-11)2-21-23(18,19)20;;/h3-5,7-8,11,16-17H,2H2,1H3,(H2,18,19,20);;1H2/q;+2;/p-2. The molecule has 1 fully saturated rings. The zero-order chi connectivity index (χ0) is 17.5. The van der Waals surface area contributed by atoms with Crippen LogP contribution in [-0.4, -0.2) is 115 Å². The molecular weight excluding hydrogens is 517 g/mol. The molecule has 0 aromatic carbocycles. The summed E-state index contributed by atoms with van der Waals surface area (Å²) in [4.78, 5) is 33.4. The van der Waals surface area contributed by atoms with Gasteiger partial charge in [-0.15, -0.1) is 11.8 Å². The monoisotopic (exact) mass is 532 g/mol. The third kappa shape index (κ3) is 5.07. The number of aromatic nitrogens is 4. The van der Waals surface area contributed by atoms with Gasteiger partial charge in [0.15, 0.2) is 11.9 Å². The molecule has 0 radical (unpaired) electrons. The maximum absolute atomic E-state index is 10.5. The van der Waals surface area contributed by atoms with Crippen molar-refractivity contribution in [3.8, 4) is 0 Å². The molecule has 3 heterocycles. The third-order valence-electron chi connectivity index (χ3n) is 3.53. The summed E-state index contributed by atoms with van der Waals surface area (Å²) in [6.07, 6.45) is -0.572. The Morgan fingerprint density at radius 2 is 2.04 bits per heavy atom. The van der Waals surface area contributed by atoms with E-state index in [1.807, 2.05) is 6.26 Å². The van der Waals surface area contributed by atoms with Crippen LogP contribution in [0.15, 0.2) is 17.7 Å². The Morgan fingerprint density at radius 3 is 2.65 bits per heavy atom. The zero-order valence-corrected chi connectivity index (χ0v) is 19.6. The second-order valence-corrected chi connectivity index (χ2v) is 6.94. The Hall–Kier alpha value is 0.421. The summed E-state index contributed by atoms with van der Waals surface area (Å²) in [6.45, 7) is -0.698. The first kappa shape index (κ1) is 24.5. The molecule has 1 aliphatic heterocycles. The number of fused-ring (bicyclic) bond motifs is 1. The number of hydrogen-bond acceptors (Lipinski definition) is 11. The molecule has 4 N–H and O–H groups in total. The molecule has 15 heteroatoms. The van der Waals surface area contributed by atoms with Crippen LogP contribution >= 0.6 is 19.6 Å². The van der Waals surface area contributed by atoms with E-state index in [1.54, 1.807) is 0 Å². The molecule has 12 nitrogen and oxygen atoms in total. The molecule has 1 saturated heterocycles. The van der Waals surface area contributed by atoms with Crippen molar-refractivity contribution >= 4 is 79.6 Å². The number of thioether (sulfide) groups is 1. The number of hydrogen-bond donors (Lipinski definition) is 2. The van der Waals surface area contributed by atoms with Crippen LogP contribution in [0.5, 0.6) is 0 Å². The smallest absolute Gasteiger partial charge is 0.790 e. The predicted molar refractivity (Wildman–Crippen MR) is 86.0 cm³/mol. The summed E-state index contributed by atoms with van der Waals surface area (Å²) in [5.74, 6) is 0. The topological polar surface area (TPSA) is 197 Å². The molecule has 4 atom stereocenters. The van der Waals surface area contributed by atoms with Crippen LogP contribution in [0.2, 0.25) is 0 Å². The first-order valence-corrected chi connectivity index (χ1v) is 9.40. The Kier molecular flexibility index (Phi) is 9.18. The molecule has 4 unspecified atom stereocenters. The number of ether oxygens (including phenoxy) is 1. The number of phosphoric acid groups is 1. The van der Waals surface area contributed by atoms with Crippen LogP contribution in [-0.2, 0) is 13.8 Å². The van der Waals surface area contributed by atoms with Crippen LogP contribution in [0.1, 0.15) is 6.23 Å². The summed E-state index contributed by atoms with van der Waals surface area (Å²) in [5, 5.41) is 20.8. The fourth-order valence-electron chi connectivity index (χ4n) is 2.43. The Balaban J connectivity index is 0.00000169. The quantitative estimate of drug-likeness (QED) is 0.171. The number of nitrogens with zero attached hydrogens (tertiary/aromatic N) is 4. The molecule has 26 heavy (non-hydrogen) atoms. The van der Waals surface area contributed by atoms with Crippen LogP contribution in [0.3, 0.4) is 0 Å². The summed E-state index contributed by atoms with van der Waals surface area (Å²) in [5.41, 5.74) is 0.879. The van der Waals surface area contributed by atoms with Gasteiger partial charge in [0.2, 0.25) is 0 Å². The predicted octanol–water partition coefficient (Wildman–Crippen LogP) is -3.19. The molecule has 0 spiro atoms. The van der Waals surface area contributed by atoms with Crippen LogP contribution < -0.4 is 9.79 Å². The molecule has 3 rings (SSSR count). The number of phosphoric ester groups is 1. The van der Waals surface area contributed by atoms with Gasteiger partial charge in [-0.25, -0.2) is 15.0 Å². The van der Waals surface area contributed by atoms with Gasteiger partial charge in [-0.3, -0.25) is 4.57 Å². The molecule has 0 saturated carbocycles. The van der Waals surface area contributed by atoms with E-state index in [2.05, 4.69) is 19.5 Å². The zero-order valence-electron chi connectivity index (χ0n) is 13.5. The van der Waals surface area contributed by atoms with Crippen molar-refractivity contribution in [3.63, 3.8) is 0 Å². The minimum absolute atomic E-state index is 0. The second-order valence-electron chi connectivity index (χ2n) is 5.00. The Morgan fingerprint density at radius 1 is 1.35 bits per heavy atom. The van der Waals surface area contributed by atoms with E-state index in [0.717, 1.165) is 0 Å². The van der Waals surface area contributed by atoms with Crippen molar-refractivity contribution < 1.29 is 39.3 Å². The summed E-state index contributed by atoms with van der Waals surface area (Å²) in [6, 6.07) is 0. The molecule has 2 aromatic heterocycles. The van der Waals surface area contributed by atoms with Crippen molar-refractivity contribution in [1.82, 2.24) is 19.5 Å². The normalized spacial score (nSPS) is 25.7. The van der Waals surface area contributed by atoms with Gasteiger partial charge in [0.25, 0.3) is 0 Å². The van der Waals surface area contributed by atoms with Gasteiger partial charge in [-0.05, 0) is 6.26 Å². The van der Waals surface area contributed by atoms with Gasteiger partial charge in [-0.1, -0.05) is 0 Å². The molecular formula is C11H15BaN4O8PS. The Bertz CT molecular complexity index is 791. The van der Waals surface area contributed by atoms with Crippen molar-refractivity contribution in [2.75, 3.05) is 12.9 Å². The van der Waals surface area contributed by atoms with E-state index in [9.17, 15) is 24.6 Å². The van der Waals surface area contributed by atoms with Crippen molar-refractivity contribution in [2.24, 2.45) is 0 Å². The fourth-order valence-corrected chi connectivity index (χ4v) is 3.25. The molecule has 0 amide bonds. The summed E-state index contributed by atoms with van der Waals surface area (Å²) >= 11 is 1.37. The largest absolute Gasteiger partial charge is 2.00 e.